The van der Waals surface area contributed by atoms with E-state index in [1.54, 1.807) is 24.0 Å². The van der Waals surface area contributed by atoms with Crippen molar-refractivity contribution in [2.45, 2.75) is 17.3 Å². The second kappa shape index (κ2) is 6.91. The number of halogens is 3. The molecule has 0 radical (unpaired) electrons. The topological polar surface area (TPSA) is 44.1 Å². The van der Waals surface area contributed by atoms with E-state index in [9.17, 15) is 13.6 Å². The molecule has 8 heteroatoms. The number of hydrogen-bond acceptors (Lipinski definition) is 4. The maximum atomic E-state index is 12.6. The minimum absolute atomic E-state index is 0.0688. The number of rotatable bonds is 6. The lowest BCUT2D eigenvalue weighted by molar-refractivity contribution is 0.107. The number of carbonyl (C=O) groups excluding carboxylic acids is 1. The summed E-state index contributed by atoms with van der Waals surface area (Å²) in [4.78, 5) is 11.7. The summed E-state index contributed by atoms with van der Waals surface area (Å²) >= 11 is 5.84. The van der Waals surface area contributed by atoms with E-state index in [0.717, 1.165) is 0 Å². The van der Waals surface area contributed by atoms with Crippen LogP contribution in [-0.2, 0) is 13.7 Å². The standard InChI is InChI=1S/C13H11ClF2N2O2S/c1-18-6-5-11(17-18)20-7-9-8(12(14)19)3-2-4-10(9)21-13(15)16/h2-6,13H,7H2,1H3. The van der Waals surface area contributed by atoms with E-state index in [2.05, 4.69) is 5.10 Å². The van der Waals surface area contributed by atoms with E-state index >= 15 is 0 Å². The van der Waals surface area contributed by atoms with Crippen LogP contribution >= 0.6 is 23.4 Å². The average molecular weight is 333 g/mol. The number of hydrogen-bond donors (Lipinski definition) is 0. The number of carbonyl (C=O) groups is 1. The van der Waals surface area contributed by atoms with Crippen LogP contribution in [0.3, 0.4) is 0 Å². The van der Waals surface area contributed by atoms with Gasteiger partial charge in [-0.15, -0.1) is 5.10 Å². The van der Waals surface area contributed by atoms with Crippen LogP contribution in [0.1, 0.15) is 15.9 Å². The Labute approximate surface area is 129 Å². The Morgan fingerprint density at radius 1 is 1.48 bits per heavy atom. The highest BCUT2D eigenvalue weighted by Gasteiger charge is 2.17. The average Bonchev–Trinajstić information content (AvgIpc) is 2.82. The second-order valence-electron chi connectivity index (χ2n) is 4.05. The number of aromatic nitrogens is 2. The Hall–Kier alpha value is -1.60. The molecule has 0 bridgehead atoms. The van der Waals surface area contributed by atoms with E-state index in [1.807, 2.05) is 0 Å². The van der Waals surface area contributed by atoms with Crippen LogP contribution in [0.4, 0.5) is 8.78 Å². The van der Waals surface area contributed by atoms with E-state index in [0.29, 0.717) is 23.2 Å². The van der Waals surface area contributed by atoms with Crippen molar-refractivity contribution in [3.8, 4) is 5.88 Å². The highest BCUT2D eigenvalue weighted by Crippen LogP contribution is 2.31. The van der Waals surface area contributed by atoms with Crippen molar-refractivity contribution in [2.75, 3.05) is 0 Å². The van der Waals surface area contributed by atoms with Crippen molar-refractivity contribution in [3.63, 3.8) is 0 Å². The van der Waals surface area contributed by atoms with Gasteiger partial charge in [-0.3, -0.25) is 9.48 Å². The molecule has 0 fully saturated rings. The van der Waals surface area contributed by atoms with Crippen LogP contribution in [-0.4, -0.2) is 20.8 Å². The van der Waals surface area contributed by atoms with Crippen molar-refractivity contribution >= 4 is 28.6 Å². The third-order valence-corrected chi connectivity index (χ3v) is 3.63. The Balaban J connectivity index is 2.27. The van der Waals surface area contributed by atoms with Gasteiger partial charge in [0.15, 0.2) is 0 Å². The highest BCUT2D eigenvalue weighted by molar-refractivity contribution is 7.99. The third kappa shape index (κ3) is 4.18. The fraction of sp³-hybridized carbons (Fsp3) is 0.231. The number of alkyl halides is 2. The number of thioether (sulfide) groups is 1. The first-order chi connectivity index (χ1) is 9.97. The molecule has 0 aliphatic heterocycles. The molecule has 0 spiro atoms. The Bertz CT molecular complexity index is 649. The predicted octanol–water partition coefficient (Wildman–Crippen LogP) is 3.69. The van der Waals surface area contributed by atoms with E-state index in [4.69, 9.17) is 16.3 Å². The quantitative estimate of drug-likeness (QED) is 0.597. The van der Waals surface area contributed by atoms with Crippen molar-refractivity contribution < 1.29 is 18.3 Å². The molecule has 0 saturated heterocycles. The monoisotopic (exact) mass is 332 g/mol. The van der Waals surface area contributed by atoms with Crippen LogP contribution in [0.5, 0.6) is 5.88 Å². The summed E-state index contributed by atoms with van der Waals surface area (Å²) in [6, 6.07) is 6.11. The molecule has 1 aromatic heterocycles. The normalized spacial score (nSPS) is 10.9. The second-order valence-corrected chi connectivity index (χ2v) is 5.43. The van der Waals surface area contributed by atoms with Crippen LogP contribution in [0, 0.1) is 0 Å². The van der Waals surface area contributed by atoms with Crippen molar-refractivity contribution in [1.82, 2.24) is 9.78 Å². The summed E-state index contributed by atoms with van der Waals surface area (Å²) in [5, 5.41) is 3.30. The fourth-order valence-corrected chi connectivity index (χ4v) is 2.56. The molecule has 21 heavy (non-hydrogen) atoms. The molecule has 0 aliphatic rings. The van der Waals surface area contributed by atoms with Gasteiger partial charge in [-0.25, -0.2) is 0 Å². The summed E-state index contributed by atoms with van der Waals surface area (Å²) in [5.41, 5.74) is 0.478. The van der Waals surface area contributed by atoms with Gasteiger partial charge in [0.05, 0.1) is 0 Å². The van der Waals surface area contributed by atoms with Gasteiger partial charge in [-0.2, -0.15) is 8.78 Å². The maximum absolute atomic E-state index is 12.6. The molecule has 2 rings (SSSR count). The van der Waals surface area contributed by atoms with Gasteiger partial charge >= 0.3 is 0 Å². The molecule has 0 atom stereocenters. The number of aryl methyl sites for hydroxylation is 1. The molecule has 4 nitrogen and oxygen atoms in total. The molecular formula is C13H11ClF2N2O2S. The molecule has 112 valence electrons. The van der Waals surface area contributed by atoms with Gasteiger partial charge < -0.3 is 4.74 Å². The van der Waals surface area contributed by atoms with Crippen molar-refractivity contribution in [1.29, 1.82) is 0 Å². The molecule has 1 aromatic carbocycles. The summed E-state index contributed by atoms with van der Waals surface area (Å²) in [5.74, 6) is -2.26. The van der Waals surface area contributed by atoms with E-state index < -0.39 is 11.0 Å². The molecule has 0 saturated carbocycles. The molecule has 2 aromatic rings. The van der Waals surface area contributed by atoms with Gasteiger partial charge in [0, 0.05) is 35.3 Å². The first-order valence-electron chi connectivity index (χ1n) is 5.86. The van der Waals surface area contributed by atoms with E-state index in [1.165, 1.54) is 18.2 Å². The molecular weight excluding hydrogens is 322 g/mol. The Morgan fingerprint density at radius 2 is 2.24 bits per heavy atom. The third-order valence-electron chi connectivity index (χ3n) is 2.61. The first-order valence-corrected chi connectivity index (χ1v) is 7.12. The molecule has 0 amide bonds. The predicted molar refractivity (Wildman–Crippen MR) is 76.0 cm³/mol. The van der Waals surface area contributed by atoms with Gasteiger partial charge in [0.1, 0.15) is 6.61 Å². The minimum atomic E-state index is -2.60. The molecule has 0 N–H and O–H groups in total. The number of ether oxygens (including phenoxy) is 1. The van der Waals surface area contributed by atoms with Crippen LogP contribution in [0.2, 0.25) is 0 Å². The maximum Gasteiger partial charge on any atom is 0.288 e. The zero-order valence-corrected chi connectivity index (χ0v) is 12.5. The van der Waals surface area contributed by atoms with Gasteiger partial charge in [0.2, 0.25) is 5.88 Å². The van der Waals surface area contributed by atoms with Gasteiger partial charge in [0.25, 0.3) is 11.0 Å². The molecule has 1 heterocycles. The van der Waals surface area contributed by atoms with Crippen molar-refractivity contribution in [2.24, 2.45) is 7.05 Å². The smallest absolute Gasteiger partial charge is 0.288 e. The zero-order valence-electron chi connectivity index (χ0n) is 10.9. The molecule has 0 aliphatic carbocycles. The summed E-state index contributed by atoms with van der Waals surface area (Å²) in [6.45, 7) is -0.0688. The lowest BCUT2D eigenvalue weighted by atomic mass is 10.1. The highest BCUT2D eigenvalue weighted by atomic mass is 35.5. The van der Waals surface area contributed by atoms with Gasteiger partial charge in [-0.1, -0.05) is 17.8 Å². The lowest BCUT2D eigenvalue weighted by Crippen LogP contribution is -2.05. The molecule has 0 unspecified atom stereocenters. The SMILES string of the molecule is Cn1ccc(OCc2c(SC(F)F)cccc2C(=O)Cl)n1. The van der Waals surface area contributed by atoms with Gasteiger partial charge in [-0.05, 0) is 23.7 Å². The number of nitrogens with zero attached hydrogens (tertiary/aromatic N) is 2. The van der Waals surface area contributed by atoms with Crippen LogP contribution < -0.4 is 4.74 Å². The minimum Gasteiger partial charge on any atom is -0.472 e. The van der Waals surface area contributed by atoms with Crippen molar-refractivity contribution in [3.05, 3.63) is 41.6 Å². The van der Waals surface area contributed by atoms with Crippen LogP contribution in [0.15, 0.2) is 35.4 Å². The zero-order chi connectivity index (χ0) is 15.4. The van der Waals surface area contributed by atoms with E-state index in [-0.39, 0.29) is 17.1 Å². The summed E-state index contributed by atoms with van der Waals surface area (Å²) in [7, 11) is 1.72. The number of benzene rings is 1. The first kappa shape index (κ1) is 15.8. The van der Waals surface area contributed by atoms with Crippen LogP contribution in [0.25, 0.3) is 0 Å². The lowest BCUT2D eigenvalue weighted by Gasteiger charge is -2.12. The summed E-state index contributed by atoms with van der Waals surface area (Å²) < 4.78 is 32.1. The fourth-order valence-electron chi connectivity index (χ4n) is 1.72. The Kier molecular flexibility index (Phi) is 5.19. The largest absolute Gasteiger partial charge is 0.472 e. The Morgan fingerprint density at radius 3 is 2.81 bits per heavy atom. The summed E-state index contributed by atoms with van der Waals surface area (Å²) in [6.07, 6.45) is 1.68.